The summed E-state index contributed by atoms with van der Waals surface area (Å²) in [4.78, 5) is 38.8. The molecule has 1 fully saturated rings. The summed E-state index contributed by atoms with van der Waals surface area (Å²) in [5, 5.41) is 2.86. The highest BCUT2D eigenvalue weighted by atomic mass is 16.5. The third-order valence-corrected chi connectivity index (χ3v) is 4.09. The predicted octanol–water partition coefficient (Wildman–Crippen LogP) is 1.88. The van der Waals surface area contributed by atoms with Gasteiger partial charge in [-0.25, -0.2) is 4.79 Å². The SMILES string of the molecule is CCOC(=O)Cc1ccc(NC(=O)N2CCCN(C(C)=O)CC2)cc1. The van der Waals surface area contributed by atoms with Crippen LogP contribution in [0, 0.1) is 0 Å². The Morgan fingerprint density at radius 1 is 1.04 bits per heavy atom. The first-order valence-corrected chi connectivity index (χ1v) is 8.55. The van der Waals surface area contributed by atoms with Crippen molar-refractivity contribution in [1.82, 2.24) is 9.80 Å². The quantitative estimate of drug-likeness (QED) is 0.844. The molecule has 1 heterocycles. The van der Waals surface area contributed by atoms with Crippen molar-refractivity contribution in [3.63, 3.8) is 0 Å². The standard InChI is InChI=1S/C18H25N3O4/c1-3-25-17(23)13-15-5-7-16(8-6-15)19-18(24)21-10-4-9-20(11-12-21)14(2)22/h5-8H,3-4,9-13H2,1-2H3,(H,19,24). The maximum atomic E-state index is 12.4. The zero-order valence-corrected chi connectivity index (χ0v) is 14.8. The molecule has 0 radical (unpaired) electrons. The molecule has 1 aliphatic heterocycles. The van der Waals surface area contributed by atoms with E-state index in [-0.39, 0.29) is 24.3 Å². The zero-order chi connectivity index (χ0) is 18.2. The summed E-state index contributed by atoms with van der Waals surface area (Å²) in [5.74, 6) is -0.224. The van der Waals surface area contributed by atoms with Crippen LogP contribution >= 0.6 is 0 Å². The lowest BCUT2D eigenvalue weighted by Gasteiger charge is -2.21. The normalized spacial score (nSPS) is 14.6. The van der Waals surface area contributed by atoms with Crippen LogP contribution in [0.25, 0.3) is 0 Å². The molecule has 0 unspecified atom stereocenters. The third-order valence-electron chi connectivity index (χ3n) is 4.09. The maximum Gasteiger partial charge on any atom is 0.321 e. The van der Waals surface area contributed by atoms with Crippen LogP contribution in [0.15, 0.2) is 24.3 Å². The molecular formula is C18H25N3O4. The highest BCUT2D eigenvalue weighted by Gasteiger charge is 2.20. The number of esters is 1. The van der Waals surface area contributed by atoms with Crippen LogP contribution in [0.3, 0.4) is 0 Å². The first kappa shape index (κ1) is 18.8. The minimum Gasteiger partial charge on any atom is -0.466 e. The molecule has 1 saturated heterocycles. The molecule has 0 aromatic heterocycles. The monoisotopic (exact) mass is 347 g/mol. The van der Waals surface area contributed by atoms with E-state index in [0.29, 0.717) is 38.5 Å². The minimum absolute atomic E-state index is 0.0412. The second-order valence-electron chi connectivity index (χ2n) is 5.96. The molecule has 1 aliphatic rings. The van der Waals surface area contributed by atoms with E-state index in [1.165, 1.54) is 0 Å². The van der Waals surface area contributed by atoms with E-state index in [9.17, 15) is 14.4 Å². The number of nitrogens with one attached hydrogen (secondary N) is 1. The van der Waals surface area contributed by atoms with Crippen LogP contribution in [0.5, 0.6) is 0 Å². The van der Waals surface area contributed by atoms with Gasteiger partial charge in [-0.3, -0.25) is 9.59 Å². The molecule has 0 atom stereocenters. The summed E-state index contributed by atoms with van der Waals surface area (Å²) >= 11 is 0. The van der Waals surface area contributed by atoms with Crippen LogP contribution < -0.4 is 5.32 Å². The maximum absolute atomic E-state index is 12.4. The van der Waals surface area contributed by atoms with Crippen molar-refractivity contribution >= 4 is 23.6 Å². The van der Waals surface area contributed by atoms with Crippen LogP contribution in [0.1, 0.15) is 25.8 Å². The molecule has 1 aromatic carbocycles. The van der Waals surface area contributed by atoms with Crippen molar-refractivity contribution < 1.29 is 19.1 Å². The Hall–Kier alpha value is -2.57. The largest absolute Gasteiger partial charge is 0.466 e. The van der Waals surface area contributed by atoms with Crippen LogP contribution in [0.4, 0.5) is 10.5 Å². The van der Waals surface area contributed by atoms with Crippen LogP contribution in [-0.4, -0.2) is 60.5 Å². The summed E-state index contributed by atoms with van der Waals surface area (Å²) in [6.45, 7) is 6.07. The van der Waals surface area contributed by atoms with Gasteiger partial charge in [0.2, 0.25) is 5.91 Å². The number of ether oxygens (including phenoxy) is 1. The predicted molar refractivity (Wildman–Crippen MR) is 94.2 cm³/mol. The molecule has 3 amide bonds. The number of benzene rings is 1. The number of anilines is 1. The summed E-state index contributed by atoms with van der Waals surface area (Å²) in [7, 11) is 0. The molecular weight excluding hydrogens is 322 g/mol. The van der Waals surface area contributed by atoms with Gasteiger partial charge >= 0.3 is 12.0 Å². The summed E-state index contributed by atoms with van der Waals surface area (Å²) in [5.41, 5.74) is 1.51. The second-order valence-corrected chi connectivity index (χ2v) is 5.96. The topological polar surface area (TPSA) is 79.0 Å². The summed E-state index contributed by atoms with van der Waals surface area (Å²) in [6, 6.07) is 6.96. The van der Waals surface area contributed by atoms with Gasteiger partial charge in [0.25, 0.3) is 0 Å². The fourth-order valence-corrected chi connectivity index (χ4v) is 2.72. The van der Waals surface area contributed by atoms with E-state index in [1.54, 1.807) is 47.9 Å². The van der Waals surface area contributed by atoms with Crippen molar-refractivity contribution in [1.29, 1.82) is 0 Å². The molecule has 0 bridgehead atoms. The molecule has 7 heteroatoms. The van der Waals surface area contributed by atoms with E-state index in [0.717, 1.165) is 12.0 Å². The Morgan fingerprint density at radius 3 is 2.32 bits per heavy atom. The molecule has 1 aromatic rings. The van der Waals surface area contributed by atoms with Crippen molar-refractivity contribution in [2.75, 3.05) is 38.1 Å². The molecule has 1 N–H and O–H groups in total. The van der Waals surface area contributed by atoms with E-state index in [4.69, 9.17) is 4.74 Å². The lowest BCUT2D eigenvalue weighted by Crippen LogP contribution is -2.38. The van der Waals surface area contributed by atoms with Crippen molar-refractivity contribution in [3.8, 4) is 0 Å². The zero-order valence-electron chi connectivity index (χ0n) is 14.8. The van der Waals surface area contributed by atoms with Crippen molar-refractivity contribution in [2.24, 2.45) is 0 Å². The van der Waals surface area contributed by atoms with Gasteiger partial charge in [0.1, 0.15) is 0 Å². The number of amides is 3. The van der Waals surface area contributed by atoms with Crippen LogP contribution in [-0.2, 0) is 20.7 Å². The van der Waals surface area contributed by atoms with Gasteiger partial charge in [0.15, 0.2) is 0 Å². The molecule has 136 valence electrons. The number of hydrogen-bond acceptors (Lipinski definition) is 4. The molecule has 0 spiro atoms. The number of hydrogen-bond donors (Lipinski definition) is 1. The minimum atomic E-state index is -0.265. The Balaban J connectivity index is 1.87. The van der Waals surface area contributed by atoms with E-state index < -0.39 is 0 Å². The smallest absolute Gasteiger partial charge is 0.321 e. The second kappa shape index (κ2) is 9.05. The Kier molecular flexibility index (Phi) is 6.80. The molecule has 7 nitrogen and oxygen atoms in total. The summed E-state index contributed by atoms with van der Waals surface area (Å²) in [6.07, 6.45) is 0.987. The van der Waals surface area contributed by atoms with Gasteiger partial charge in [-0.1, -0.05) is 12.1 Å². The fourth-order valence-electron chi connectivity index (χ4n) is 2.72. The third kappa shape index (κ3) is 5.77. The summed E-state index contributed by atoms with van der Waals surface area (Å²) < 4.78 is 4.91. The molecule has 2 rings (SSSR count). The first-order valence-electron chi connectivity index (χ1n) is 8.55. The Labute approximate surface area is 147 Å². The molecule has 0 saturated carbocycles. The van der Waals surface area contributed by atoms with Gasteiger partial charge in [-0.15, -0.1) is 0 Å². The van der Waals surface area contributed by atoms with Gasteiger partial charge in [-0.2, -0.15) is 0 Å². The van der Waals surface area contributed by atoms with Crippen molar-refractivity contribution in [2.45, 2.75) is 26.7 Å². The van der Waals surface area contributed by atoms with Gasteiger partial charge < -0.3 is 19.9 Å². The van der Waals surface area contributed by atoms with Gasteiger partial charge in [-0.05, 0) is 31.0 Å². The van der Waals surface area contributed by atoms with Crippen LogP contribution in [0.2, 0.25) is 0 Å². The van der Waals surface area contributed by atoms with Gasteiger partial charge in [0, 0.05) is 38.8 Å². The number of rotatable bonds is 4. The molecule has 0 aliphatic carbocycles. The number of urea groups is 1. The fraction of sp³-hybridized carbons (Fsp3) is 0.500. The number of nitrogens with zero attached hydrogens (tertiary/aromatic N) is 2. The highest BCUT2D eigenvalue weighted by molar-refractivity contribution is 5.89. The molecule has 25 heavy (non-hydrogen) atoms. The first-order chi connectivity index (χ1) is 12.0. The lowest BCUT2D eigenvalue weighted by atomic mass is 10.1. The van der Waals surface area contributed by atoms with E-state index >= 15 is 0 Å². The average Bonchev–Trinajstić information content (AvgIpc) is 2.83. The number of carbonyl (C=O) groups is 3. The van der Waals surface area contributed by atoms with E-state index in [2.05, 4.69) is 5.32 Å². The lowest BCUT2D eigenvalue weighted by molar-refractivity contribution is -0.142. The average molecular weight is 347 g/mol. The Morgan fingerprint density at radius 2 is 1.68 bits per heavy atom. The highest BCUT2D eigenvalue weighted by Crippen LogP contribution is 2.12. The Bertz CT molecular complexity index is 615. The van der Waals surface area contributed by atoms with Crippen molar-refractivity contribution in [3.05, 3.63) is 29.8 Å². The van der Waals surface area contributed by atoms with Gasteiger partial charge in [0.05, 0.1) is 13.0 Å². The van der Waals surface area contributed by atoms with E-state index in [1.807, 2.05) is 0 Å². The number of carbonyl (C=O) groups excluding carboxylic acids is 3.